The van der Waals surface area contributed by atoms with Gasteiger partial charge in [0.15, 0.2) is 5.78 Å². The molecule has 1 aromatic heterocycles. The fourth-order valence-electron chi connectivity index (χ4n) is 4.87. The number of nitrogens with zero attached hydrogens (tertiary/aromatic N) is 1. The molecule has 1 aromatic carbocycles. The van der Waals surface area contributed by atoms with Gasteiger partial charge in [-0.3, -0.25) is 24.2 Å². The summed E-state index contributed by atoms with van der Waals surface area (Å²) in [6, 6.07) is 8.79. The van der Waals surface area contributed by atoms with E-state index in [2.05, 4.69) is 72.0 Å². The number of carbonyl (C=O) groups is 5. The molecule has 0 saturated carbocycles. The van der Waals surface area contributed by atoms with Gasteiger partial charge in [0, 0.05) is 60.9 Å². The van der Waals surface area contributed by atoms with Crippen molar-refractivity contribution in [3.05, 3.63) is 58.9 Å². The molecule has 0 aliphatic heterocycles. The molecule has 0 radical (unpaired) electrons. The van der Waals surface area contributed by atoms with Crippen LogP contribution in [-0.4, -0.2) is 71.0 Å². The molecule has 0 saturated heterocycles. The number of anilines is 1. The number of unbranched alkanes of at least 4 members (excludes halogenated alkanes) is 2. The molecule has 0 bridgehead atoms. The summed E-state index contributed by atoms with van der Waals surface area (Å²) in [6.45, 7) is 12.5. The second kappa shape index (κ2) is 35.0. The van der Waals surface area contributed by atoms with Crippen LogP contribution in [0.3, 0.4) is 0 Å². The lowest BCUT2D eigenvalue weighted by Gasteiger charge is -2.24. The van der Waals surface area contributed by atoms with Crippen LogP contribution in [0.15, 0.2) is 36.4 Å². The minimum atomic E-state index is -0.765. The highest BCUT2D eigenvalue weighted by Crippen LogP contribution is 2.20. The largest absolute Gasteiger partial charge is 0.400 e. The zero-order chi connectivity index (χ0) is 41.5. The van der Waals surface area contributed by atoms with Crippen LogP contribution in [0.5, 0.6) is 0 Å². The van der Waals surface area contributed by atoms with Crippen LogP contribution in [0.25, 0.3) is 0 Å². The minimum absolute atomic E-state index is 0. The van der Waals surface area contributed by atoms with Crippen LogP contribution in [0.1, 0.15) is 128 Å². The van der Waals surface area contributed by atoms with Gasteiger partial charge in [-0.15, -0.1) is 0 Å². The first kappa shape index (κ1) is 55.9. The molecule has 5 amide bonds. The van der Waals surface area contributed by atoms with Gasteiger partial charge in [0.2, 0.25) is 11.8 Å². The maximum atomic E-state index is 13.4. The standard InChI is InChI=1S/C33H46Br2N6O6.C3H8.C2H6.CH4O.CH4/c1-21(2)30(41-29(44)8-4-3-5-13-37-31(45)24-15-26(18-34)39-27(16-24)19-35)28(43)17-23(7-6-14-38-33(36)47)32(46)40-25-11-9-22(20-42)10-12-25;1-3-2;2*1-2;/h9-12,15-16,21,23,30,42H,3-8,13-14,17-20H2,1-2H3,(H,37,45)(H,40,46)(H,41,44)(H3,36,38,47);3H2,1-2H3;1-2H3;2H,1H3;1H4/t23-,30+;;;;/m1..../s1. The molecule has 2 aromatic rings. The molecule has 15 heteroatoms. The number of alkyl halides is 2. The van der Waals surface area contributed by atoms with E-state index in [0.717, 1.165) is 18.5 Å². The van der Waals surface area contributed by atoms with Gasteiger partial charge in [-0.25, -0.2) is 4.79 Å². The summed E-state index contributed by atoms with van der Waals surface area (Å²) in [5, 5.41) is 28.4. The van der Waals surface area contributed by atoms with Crippen molar-refractivity contribution in [2.45, 2.75) is 124 Å². The summed E-state index contributed by atoms with van der Waals surface area (Å²) >= 11 is 6.75. The number of amides is 5. The highest BCUT2D eigenvalue weighted by Gasteiger charge is 2.29. The van der Waals surface area contributed by atoms with Gasteiger partial charge in [-0.05, 0) is 61.4 Å². The molecule has 2 atom stereocenters. The van der Waals surface area contributed by atoms with Gasteiger partial charge in [0.25, 0.3) is 5.91 Å². The monoisotopic (exact) mass is 902 g/mol. The molecule has 13 nitrogen and oxygen atoms in total. The number of urea groups is 1. The summed E-state index contributed by atoms with van der Waals surface area (Å²) in [5.74, 6) is -1.94. The van der Waals surface area contributed by atoms with Crippen molar-refractivity contribution in [1.29, 1.82) is 0 Å². The van der Waals surface area contributed by atoms with Crippen LogP contribution in [0.2, 0.25) is 0 Å². The Morgan fingerprint density at radius 1 is 0.855 bits per heavy atom. The fourth-order valence-corrected chi connectivity index (χ4v) is 5.44. The number of aliphatic hydroxyl groups is 2. The number of nitrogens with one attached hydrogen (secondary N) is 4. The number of rotatable bonds is 21. The van der Waals surface area contributed by atoms with E-state index in [4.69, 9.17) is 10.8 Å². The first-order valence-corrected chi connectivity index (χ1v) is 20.8. The highest BCUT2D eigenvalue weighted by atomic mass is 79.9. The van der Waals surface area contributed by atoms with E-state index >= 15 is 0 Å². The summed E-state index contributed by atoms with van der Waals surface area (Å²) in [4.78, 5) is 67.5. The van der Waals surface area contributed by atoms with E-state index < -0.39 is 18.0 Å². The van der Waals surface area contributed by atoms with Crippen molar-refractivity contribution in [2.24, 2.45) is 17.6 Å². The number of nitrogens with two attached hydrogens (primary N) is 1. The Bertz CT molecular complexity index is 1340. The van der Waals surface area contributed by atoms with Gasteiger partial charge in [0.05, 0.1) is 24.0 Å². The van der Waals surface area contributed by atoms with Crippen molar-refractivity contribution in [1.82, 2.24) is 20.9 Å². The molecule has 0 unspecified atom stereocenters. The van der Waals surface area contributed by atoms with Crippen LogP contribution in [0.4, 0.5) is 10.5 Å². The first-order chi connectivity index (χ1) is 25.9. The number of hydrogen-bond acceptors (Lipinski definition) is 8. The predicted octanol–water partition coefficient (Wildman–Crippen LogP) is 7.14. The number of hydrogen-bond donors (Lipinski definition) is 7. The smallest absolute Gasteiger partial charge is 0.312 e. The third kappa shape index (κ3) is 25.4. The van der Waals surface area contributed by atoms with Crippen molar-refractivity contribution >= 4 is 67.1 Å². The maximum absolute atomic E-state index is 13.4. The Morgan fingerprint density at radius 3 is 1.89 bits per heavy atom. The number of pyridine rings is 1. The Hall–Kier alpha value is -3.40. The summed E-state index contributed by atoms with van der Waals surface area (Å²) < 4.78 is 0. The van der Waals surface area contributed by atoms with Crippen molar-refractivity contribution in [3.8, 4) is 0 Å². The zero-order valence-electron chi connectivity index (χ0n) is 33.1. The maximum Gasteiger partial charge on any atom is 0.312 e. The van der Waals surface area contributed by atoms with Gasteiger partial charge >= 0.3 is 6.03 Å². The van der Waals surface area contributed by atoms with Crippen molar-refractivity contribution < 1.29 is 34.2 Å². The molecule has 1 heterocycles. The van der Waals surface area contributed by atoms with Crippen LogP contribution in [0, 0.1) is 11.8 Å². The van der Waals surface area contributed by atoms with Gasteiger partial charge in [-0.1, -0.05) is 106 Å². The summed E-state index contributed by atoms with van der Waals surface area (Å²) in [7, 11) is 1.00. The number of benzene rings is 1. The number of halogens is 2. The molecular formula is C40H68Br2N6O7. The molecule has 2 rings (SSSR count). The number of ketones is 1. The molecule has 0 spiro atoms. The van der Waals surface area contributed by atoms with E-state index in [-0.39, 0.29) is 62.8 Å². The average molecular weight is 905 g/mol. The average Bonchev–Trinajstić information content (AvgIpc) is 3.17. The van der Waals surface area contributed by atoms with Gasteiger partial charge in [0.1, 0.15) is 0 Å². The van der Waals surface area contributed by atoms with Crippen LogP contribution >= 0.6 is 31.9 Å². The lowest BCUT2D eigenvalue weighted by Crippen LogP contribution is -2.45. The molecule has 0 aliphatic rings. The Balaban J connectivity index is -0.00000316. The lowest BCUT2D eigenvalue weighted by molar-refractivity contribution is -0.131. The molecule has 8 N–H and O–H groups in total. The van der Waals surface area contributed by atoms with E-state index in [9.17, 15) is 29.1 Å². The Labute approximate surface area is 346 Å². The van der Waals surface area contributed by atoms with Crippen molar-refractivity contribution in [2.75, 3.05) is 25.5 Å². The molecule has 0 fully saturated rings. The summed E-state index contributed by atoms with van der Waals surface area (Å²) in [6.07, 6.45) is 4.12. The SMILES string of the molecule is C.CC.CC(C)[C@H](NC(=O)CCCCCNC(=O)c1cc(CBr)nc(CBr)c1)C(=O)C[C@@H](CCCNC(N)=O)C(=O)Nc1ccc(CO)cc1.CCC.CO. The van der Waals surface area contributed by atoms with Crippen molar-refractivity contribution in [3.63, 3.8) is 0 Å². The van der Waals surface area contributed by atoms with Crippen LogP contribution in [-0.2, 0) is 31.7 Å². The number of Topliss-reactive ketones (excluding diaryl/α,β-unsaturated/α-hetero) is 1. The fraction of sp³-hybridized carbons (Fsp3) is 0.600. The number of primary amides is 1. The van der Waals surface area contributed by atoms with E-state index in [1.54, 1.807) is 36.4 Å². The molecule has 55 heavy (non-hydrogen) atoms. The van der Waals surface area contributed by atoms with E-state index in [1.807, 2.05) is 27.7 Å². The highest BCUT2D eigenvalue weighted by molar-refractivity contribution is 9.08. The van der Waals surface area contributed by atoms with Gasteiger partial charge < -0.3 is 37.2 Å². The Morgan fingerprint density at radius 2 is 1.40 bits per heavy atom. The summed E-state index contributed by atoms with van der Waals surface area (Å²) in [5.41, 5.74) is 8.47. The normalized spacial score (nSPS) is 11.0. The van der Waals surface area contributed by atoms with E-state index in [1.165, 1.54) is 6.42 Å². The number of carbonyl (C=O) groups excluding carboxylic acids is 5. The lowest BCUT2D eigenvalue weighted by atomic mass is 9.89. The molecule has 0 aliphatic carbocycles. The van der Waals surface area contributed by atoms with Crippen LogP contribution < -0.4 is 27.0 Å². The molecular weight excluding hydrogens is 836 g/mol. The van der Waals surface area contributed by atoms with Gasteiger partial charge in [-0.2, -0.15) is 0 Å². The Kier molecular flexibility index (Phi) is 35.6. The first-order valence-electron chi connectivity index (χ1n) is 18.6. The quantitative estimate of drug-likeness (QED) is 0.0504. The zero-order valence-corrected chi connectivity index (χ0v) is 36.3. The minimum Gasteiger partial charge on any atom is -0.400 e. The number of aliphatic hydroxyl groups excluding tert-OH is 2. The second-order valence-corrected chi connectivity index (χ2v) is 13.4. The van der Waals surface area contributed by atoms with E-state index in [0.29, 0.717) is 66.1 Å². The third-order valence-corrected chi connectivity index (χ3v) is 8.56. The predicted molar refractivity (Wildman–Crippen MR) is 230 cm³/mol. The third-order valence-electron chi connectivity index (χ3n) is 7.41. The molecule has 314 valence electrons. The number of aromatic nitrogens is 1. The topological polar surface area (TPSA) is 213 Å². The second-order valence-electron chi connectivity index (χ2n) is 12.3.